The van der Waals surface area contributed by atoms with Gasteiger partial charge in [0.2, 0.25) is 11.0 Å². The fraction of sp³-hybridized carbons (Fsp3) is 0.308. The lowest BCUT2D eigenvalue weighted by atomic mass is 10.2. The summed E-state index contributed by atoms with van der Waals surface area (Å²) in [6.45, 7) is 0. The van der Waals surface area contributed by atoms with Gasteiger partial charge in [0, 0.05) is 11.7 Å². The van der Waals surface area contributed by atoms with Crippen molar-refractivity contribution < 1.29 is 4.79 Å². The monoisotopic (exact) mass is 291 g/mol. The summed E-state index contributed by atoms with van der Waals surface area (Å²) in [7, 11) is 0. The van der Waals surface area contributed by atoms with Crippen molar-refractivity contribution in [3.63, 3.8) is 0 Å². The minimum atomic E-state index is 0.0794. The molecule has 98 valence electrons. The van der Waals surface area contributed by atoms with Crippen molar-refractivity contribution in [2.24, 2.45) is 5.92 Å². The van der Waals surface area contributed by atoms with Gasteiger partial charge in [-0.2, -0.15) is 0 Å². The number of nitrogens with one attached hydrogen (secondary N) is 1. The molecule has 1 heterocycles. The van der Waals surface area contributed by atoms with Crippen molar-refractivity contribution in [1.29, 1.82) is 0 Å². The minimum Gasteiger partial charge on any atom is -0.300 e. The number of nitrogens with zero attached hydrogens (tertiary/aromatic N) is 2. The second-order valence-corrected chi connectivity index (χ2v) is 6.61. The van der Waals surface area contributed by atoms with Crippen LogP contribution in [0.1, 0.15) is 18.4 Å². The van der Waals surface area contributed by atoms with E-state index in [4.69, 9.17) is 0 Å². The normalized spacial score (nSPS) is 14.3. The number of benzene rings is 1. The summed E-state index contributed by atoms with van der Waals surface area (Å²) < 4.78 is 0.884. The lowest BCUT2D eigenvalue weighted by Gasteiger charge is -1.97. The lowest BCUT2D eigenvalue weighted by molar-refractivity contribution is -0.117. The molecule has 1 amide bonds. The van der Waals surface area contributed by atoms with Crippen molar-refractivity contribution in [3.8, 4) is 0 Å². The standard InChI is InChI=1S/C13H13N3OS2/c17-11(10-6-7-10)14-12-15-16-13(19-12)18-8-9-4-2-1-3-5-9/h1-5,10H,6-8H2,(H,14,15,17). The highest BCUT2D eigenvalue weighted by Gasteiger charge is 2.30. The Hall–Kier alpha value is -1.40. The zero-order valence-electron chi connectivity index (χ0n) is 10.2. The molecule has 0 saturated heterocycles. The van der Waals surface area contributed by atoms with Gasteiger partial charge < -0.3 is 5.32 Å². The molecule has 0 unspecified atom stereocenters. The van der Waals surface area contributed by atoms with E-state index in [0.29, 0.717) is 5.13 Å². The van der Waals surface area contributed by atoms with Crippen LogP contribution < -0.4 is 5.32 Å². The summed E-state index contributed by atoms with van der Waals surface area (Å²) in [5.74, 6) is 1.14. The summed E-state index contributed by atoms with van der Waals surface area (Å²) in [6.07, 6.45) is 2.00. The molecule has 1 aliphatic carbocycles. The van der Waals surface area contributed by atoms with Gasteiger partial charge in [-0.1, -0.05) is 53.4 Å². The van der Waals surface area contributed by atoms with Gasteiger partial charge >= 0.3 is 0 Å². The van der Waals surface area contributed by atoms with E-state index < -0.39 is 0 Å². The first kappa shape index (κ1) is 12.6. The average molecular weight is 291 g/mol. The van der Waals surface area contributed by atoms with Gasteiger partial charge in [0.15, 0.2) is 4.34 Å². The number of thioether (sulfide) groups is 1. The highest BCUT2D eigenvalue weighted by Crippen LogP contribution is 2.32. The van der Waals surface area contributed by atoms with E-state index >= 15 is 0 Å². The molecular formula is C13H13N3OS2. The van der Waals surface area contributed by atoms with E-state index in [1.807, 2.05) is 18.2 Å². The molecule has 1 saturated carbocycles. The zero-order chi connectivity index (χ0) is 13.1. The summed E-state index contributed by atoms with van der Waals surface area (Å²) in [5.41, 5.74) is 1.26. The predicted molar refractivity (Wildman–Crippen MR) is 77.3 cm³/mol. The summed E-state index contributed by atoms with van der Waals surface area (Å²) in [4.78, 5) is 11.6. The number of hydrogen-bond donors (Lipinski definition) is 1. The van der Waals surface area contributed by atoms with Gasteiger partial charge in [0.1, 0.15) is 0 Å². The SMILES string of the molecule is O=C(Nc1nnc(SCc2ccccc2)s1)C1CC1. The van der Waals surface area contributed by atoms with Crippen molar-refractivity contribution >= 4 is 34.1 Å². The van der Waals surface area contributed by atoms with Crippen LogP contribution in [0.25, 0.3) is 0 Å². The zero-order valence-corrected chi connectivity index (χ0v) is 11.8. The number of carbonyl (C=O) groups is 1. The molecule has 1 aliphatic rings. The number of anilines is 1. The number of rotatable bonds is 5. The summed E-state index contributed by atoms with van der Waals surface area (Å²) in [5, 5.41) is 11.5. The summed E-state index contributed by atoms with van der Waals surface area (Å²) >= 11 is 3.07. The molecule has 6 heteroatoms. The smallest absolute Gasteiger partial charge is 0.229 e. The van der Waals surface area contributed by atoms with Crippen LogP contribution in [-0.4, -0.2) is 16.1 Å². The van der Waals surface area contributed by atoms with Crippen molar-refractivity contribution in [3.05, 3.63) is 35.9 Å². The number of aromatic nitrogens is 2. The highest BCUT2D eigenvalue weighted by molar-refractivity contribution is 8.00. The van der Waals surface area contributed by atoms with Gasteiger partial charge in [-0.25, -0.2) is 0 Å². The number of amides is 1. The van der Waals surface area contributed by atoms with E-state index in [1.165, 1.54) is 16.9 Å². The lowest BCUT2D eigenvalue weighted by Crippen LogP contribution is -2.12. The number of carbonyl (C=O) groups excluding carboxylic acids is 1. The van der Waals surface area contributed by atoms with E-state index in [2.05, 4.69) is 27.6 Å². The van der Waals surface area contributed by atoms with Gasteiger partial charge in [-0.15, -0.1) is 10.2 Å². The molecule has 1 aromatic carbocycles. The van der Waals surface area contributed by atoms with Crippen LogP contribution in [0, 0.1) is 5.92 Å². The molecule has 1 aromatic heterocycles. The topological polar surface area (TPSA) is 54.9 Å². The molecular weight excluding hydrogens is 278 g/mol. The van der Waals surface area contributed by atoms with Gasteiger partial charge in [0.25, 0.3) is 0 Å². The van der Waals surface area contributed by atoms with Gasteiger partial charge in [-0.05, 0) is 18.4 Å². The van der Waals surface area contributed by atoms with Gasteiger partial charge in [-0.3, -0.25) is 4.79 Å². The Bertz CT molecular complexity index is 566. The maximum atomic E-state index is 11.6. The third kappa shape index (κ3) is 3.54. The van der Waals surface area contributed by atoms with Crippen molar-refractivity contribution in [2.75, 3.05) is 5.32 Å². The Morgan fingerprint density at radius 3 is 2.84 bits per heavy atom. The Morgan fingerprint density at radius 2 is 2.11 bits per heavy atom. The largest absolute Gasteiger partial charge is 0.300 e. The maximum absolute atomic E-state index is 11.6. The fourth-order valence-corrected chi connectivity index (χ4v) is 3.30. The van der Waals surface area contributed by atoms with Crippen LogP contribution in [0.3, 0.4) is 0 Å². The molecule has 3 rings (SSSR count). The van der Waals surface area contributed by atoms with Crippen LogP contribution in [0.15, 0.2) is 34.7 Å². The molecule has 1 N–H and O–H groups in total. The van der Waals surface area contributed by atoms with Crippen LogP contribution in [0.5, 0.6) is 0 Å². The van der Waals surface area contributed by atoms with Crippen LogP contribution >= 0.6 is 23.1 Å². The van der Waals surface area contributed by atoms with E-state index in [9.17, 15) is 4.79 Å². The van der Waals surface area contributed by atoms with E-state index in [-0.39, 0.29) is 11.8 Å². The van der Waals surface area contributed by atoms with Crippen LogP contribution in [0.2, 0.25) is 0 Å². The highest BCUT2D eigenvalue weighted by atomic mass is 32.2. The van der Waals surface area contributed by atoms with Crippen LogP contribution in [0.4, 0.5) is 5.13 Å². The molecule has 1 fully saturated rings. The first-order valence-electron chi connectivity index (χ1n) is 6.12. The van der Waals surface area contributed by atoms with Gasteiger partial charge in [0.05, 0.1) is 0 Å². The molecule has 0 radical (unpaired) electrons. The average Bonchev–Trinajstić information content (AvgIpc) is 3.20. The predicted octanol–water partition coefficient (Wildman–Crippen LogP) is 3.18. The third-order valence-electron chi connectivity index (χ3n) is 2.79. The van der Waals surface area contributed by atoms with Crippen molar-refractivity contribution in [2.45, 2.75) is 22.9 Å². The molecule has 0 bridgehead atoms. The Labute approximate surface area is 119 Å². The van der Waals surface area contributed by atoms with E-state index in [0.717, 1.165) is 22.9 Å². The number of hydrogen-bond acceptors (Lipinski definition) is 5. The second kappa shape index (κ2) is 5.71. The Kier molecular flexibility index (Phi) is 3.79. The molecule has 2 aromatic rings. The molecule has 0 aliphatic heterocycles. The molecule has 4 nitrogen and oxygen atoms in total. The second-order valence-electron chi connectivity index (χ2n) is 4.41. The quantitative estimate of drug-likeness (QED) is 0.679. The van der Waals surface area contributed by atoms with Crippen LogP contribution in [-0.2, 0) is 10.5 Å². The molecule has 0 spiro atoms. The van der Waals surface area contributed by atoms with E-state index in [1.54, 1.807) is 11.8 Å². The fourth-order valence-electron chi connectivity index (χ4n) is 1.59. The first-order valence-corrected chi connectivity index (χ1v) is 7.92. The molecule has 19 heavy (non-hydrogen) atoms. The third-order valence-corrected chi connectivity index (χ3v) is 4.83. The molecule has 0 atom stereocenters. The maximum Gasteiger partial charge on any atom is 0.229 e. The Balaban J connectivity index is 1.54. The van der Waals surface area contributed by atoms with Crippen molar-refractivity contribution in [1.82, 2.24) is 10.2 Å². The summed E-state index contributed by atoms with van der Waals surface area (Å²) in [6, 6.07) is 10.2. The first-order chi connectivity index (χ1) is 9.31. The Morgan fingerprint density at radius 1 is 1.32 bits per heavy atom. The minimum absolute atomic E-state index is 0.0794.